The molecule has 0 aliphatic rings. The molecule has 0 spiro atoms. The summed E-state index contributed by atoms with van der Waals surface area (Å²) >= 11 is 0. The molecule has 0 bridgehead atoms. The summed E-state index contributed by atoms with van der Waals surface area (Å²) in [5.41, 5.74) is 7.14. The zero-order chi connectivity index (χ0) is 12.1. The summed E-state index contributed by atoms with van der Waals surface area (Å²) in [6.45, 7) is 1.37. The van der Waals surface area contributed by atoms with Gasteiger partial charge in [-0.05, 0) is 17.7 Å². The number of H-pyrrole nitrogens is 1. The summed E-state index contributed by atoms with van der Waals surface area (Å²) in [5, 5.41) is 6.43. The van der Waals surface area contributed by atoms with Gasteiger partial charge in [0.1, 0.15) is 5.65 Å². The summed E-state index contributed by atoms with van der Waals surface area (Å²) < 4.78 is 0. The van der Waals surface area contributed by atoms with E-state index in [9.17, 15) is 4.79 Å². The van der Waals surface area contributed by atoms with E-state index in [4.69, 9.17) is 5.73 Å². The quantitative estimate of drug-likeness (QED) is 0.612. The third-order valence-electron chi connectivity index (χ3n) is 2.42. The second-order valence-electron chi connectivity index (χ2n) is 3.61. The maximum Gasteiger partial charge on any atom is 0.315 e. The molecule has 6 heteroatoms. The van der Waals surface area contributed by atoms with Crippen molar-refractivity contribution in [2.24, 2.45) is 5.73 Å². The number of aromatic amines is 1. The van der Waals surface area contributed by atoms with E-state index in [1.807, 2.05) is 18.3 Å². The number of aromatic nitrogens is 2. The topological polar surface area (TPSA) is 95.8 Å². The average Bonchev–Trinajstić information content (AvgIpc) is 2.82. The molecule has 2 rings (SSSR count). The van der Waals surface area contributed by atoms with Crippen LogP contribution in [0.3, 0.4) is 0 Å². The molecule has 5 N–H and O–H groups in total. The summed E-state index contributed by atoms with van der Waals surface area (Å²) in [7, 11) is 0. The van der Waals surface area contributed by atoms with Crippen LogP contribution in [0.15, 0.2) is 24.5 Å². The van der Waals surface area contributed by atoms with Gasteiger partial charge in [-0.3, -0.25) is 0 Å². The van der Waals surface area contributed by atoms with Crippen LogP contribution in [0.2, 0.25) is 0 Å². The lowest BCUT2D eigenvalue weighted by atomic mass is 10.2. The predicted molar refractivity (Wildman–Crippen MR) is 65.4 cm³/mol. The van der Waals surface area contributed by atoms with Gasteiger partial charge in [-0.2, -0.15) is 0 Å². The number of carbonyl (C=O) groups is 1. The van der Waals surface area contributed by atoms with Crippen LogP contribution < -0.4 is 16.4 Å². The summed E-state index contributed by atoms with van der Waals surface area (Å²) in [4.78, 5) is 18.6. The predicted octanol–water partition coefficient (Wildman–Crippen LogP) is 0.321. The molecule has 0 aliphatic heterocycles. The molecule has 2 aromatic heterocycles. The second kappa shape index (κ2) is 5.31. The van der Waals surface area contributed by atoms with Crippen LogP contribution in [-0.2, 0) is 6.54 Å². The van der Waals surface area contributed by atoms with Crippen molar-refractivity contribution in [1.29, 1.82) is 0 Å². The van der Waals surface area contributed by atoms with Crippen molar-refractivity contribution in [3.63, 3.8) is 0 Å². The molecule has 17 heavy (non-hydrogen) atoms. The molecular formula is C11H15N5O. The SMILES string of the molecule is NCCNC(=O)NCc1ccnc2[nH]ccc12. The van der Waals surface area contributed by atoms with E-state index in [0.29, 0.717) is 19.6 Å². The number of carbonyl (C=O) groups excluding carboxylic acids is 1. The monoisotopic (exact) mass is 233 g/mol. The number of nitrogens with two attached hydrogens (primary N) is 1. The van der Waals surface area contributed by atoms with E-state index in [-0.39, 0.29) is 6.03 Å². The summed E-state index contributed by atoms with van der Waals surface area (Å²) in [6.07, 6.45) is 3.54. The van der Waals surface area contributed by atoms with Gasteiger partial charge < -0.3 is 21.4 Å². The third kappa shape index (κ3) is 2.73. The minimum Gasteiger partial charge on any atom is -0.346 e. The minimum atomic E-state index is -0.212. The highest BCUT2D eigenvalue weighted by atomic mass is 16.2. The normalized spacial score (nSPS) is 10.4. The van der Waals surface area contributed by atoms with E-state index in [2.05, 4.69) is 20.6 Å². The van der Waals surface area contributed by atoms with Crippen molar-refractivity contribution in [3.05, 3.63) is 30.1 Å². The first kappa shape index (κ1) is 11.4. The van der Waals surface area contributed by atoms with Gasteiger partial charge in [0.2, 0.25) is 0 Å². The van der Waals surface area contributed by atoms with Crippen molar-refractivity contribution in [2.75, 3.05) is 13.1 Å². The Balaban J connectivity index is 1.99. The maximum absolute atomic E-state index is 11.3. The number of fused-ring (bicyclic) bond motifs is 1. The van der Waals surface area contributed by atoms with E-state index in [0.717, 1.165) is 16.6 Å². The van der Waals surface area contributed by atoms with Gasteiger partial charge in [-0.1, -0.05) is 0 Å². The molecule has 0 radical (unpaired) electrons. The van der Waals surface area contributed by atoms with Gasteiger partial charge in [-0.25, -0.2) is 9.78 Å². The second-order valence-corrected chi connectivity index (χ2v) is 3.61. The van der Waals surface area contributed by atoms with Crippen LogP contribution in [0, 0.1) is 0 Å². The number of nitrogens with zero attached hydrogens (tertiary/aromatic N) is 1. The lowest BCUT2D eigenvalue weighted by Crippen LogP contribution is -2.37. The van der Waals surface area contributed by atoms with Gasteiger partial charge in [0.05, 0.1) is 0 Å². The lowest BCUT2D eigenvalue weighted by Gasteiger charge is -2.07. The van der Waals surface area contributed by atoms with Crippen LogP contribution in [0.4, 0.5) is 4.79 Å². The summed E-state index contributed by atoms with van der Waals surface area (Å²) in [6, 6.07) is 3.62. The fraction of sp³-hybridized carbons (Fsp3) is 0.273. The first-order valence-electron chi connectivity index (χ1n) is 5.44. The molecule has 0 unspecified atom stereocenters. The molecular weight excluding hydrogens is 218 g/mol. The molecule has 2 amide bonds. The number of pyridine rings is 1. The van der Waals surface area contributed by atoms with E-state index in [1.165, 1.54) is 0 Å². The first-order valence-corrected chi connectivity index (χ1v) is 5.44. The Kier molecular flexibility index (Phi) is 3.56. The molecule has 2 aromatic rings. The Labute approximate surface area is 98.6 Å². The highest BCUT2D eigenvalue weighted by Crippen LogP contribution is 2.14. The number of rotatable bonds is 4. The maximum atomic E-state index is 11.3. The molecule has 0 saturated carbocycles. The highest BCUT2D eigenvalue weighted by Gasteiger charge is 2.04. The number of amides is 2. The van der Waals surface area contributed by atoms with E-state index >= 15 is 0 Å². The van der Waals surface area contributed by atoms with Crippen molar-refractivity contribution < 1.29 is 4.79 Å². The zero-order valence-electron chi connectivity index (χ0n) is 9.36. The van der Waals surface area contributed by atoms with Gasteiger partial charge in [-0.15, -0.1) is 0 Å². The van der Waals surface area contributed by atoms with Gasteiger partial charge in [0.25, 0.3) is 0 Å². The van der Waals surface area contributed by atoms with Crippen molar-refractivity contribution in [1.82, 2.24) is 20.6 Å². The van der Waals surface area contributed by atoms with Crippen LogP contribution in [0.25, 0.3) is 11.0 Å². The standard InChI is InChI=1S/C11H15N5O/c12-3-6-15-11(17)16-7-8-1-4-13-10-9(8)2-5-14-10/h1-2,4-5H,3,6-7,12H2,(H,13,14)(H2,15,16,17). The lowest BCUT2D eigenvalue weighted by molar-refractivity contribution is 0.241. The molecule has 0 saturated heterocycles. The summed E-state index contributed by atoms with van der Waals surface area (Å²) in [5.74, 6) is 0. The van der Waals surface area contributed by atoms with Crippen LogP contribution >= 0.6 is 0 Å². The van der Waals surface area contributed by atoms with Gasteiger partial charge in [0, 0.05) is 37.4 Å². The smallest absolute Gasteiger partial charge is 0.315 e. The molecule has 0 aromatic carbocycles. The highest BCUT2D eigenvalue weighted by molar-refractivity contribution is 5.80. The Hall–Kier alpha value is -2.08. The number of urea groups is 1. The number of hydrogen-bond donors (Lipinski definition) is 4. The number of hydrogen-bond acceptors (Lipinski definition) is 3. The Morgan fingerprint density at radius 2 is 2.29 bits per heavy atom. The first-order chi connectivity index (χ1) is 8.31. The fourth-order valence-electron chi connectivity index (χ4n) is 1.60. The molecule has 0 atom stereocenters. The van der Waals surface area contributed by atoms with Crippen molar-refractivity contribution >= 4 is 17.1 Å². The molecule has 90 valence electrons. The molecule has 2 heterocycles. The van der Waals surface area contributed by atoms with Crippen molar-refractivity contribution in [3.8, 4) is 0 Å². The largest absolute Gasteiger partial charge is 0.346 e. The fourth-order valence-corrected chi connectivity index (χ4v) is 1.60. The van der Waals surface area contributed by atoms with E-state index < -0.39 is 0 Å². The van der Waals surface area contributed by atoms with Crippen LogP contribution in [0.5, 0.6) is 0 Å². The van der Waals surface area contributed by atoms with Crippen LogP contribution in [-0.4, -0.2) is 29.1 Å². The van der Waals surface area contributed by atoms with Crippen molar-refractivity contribution in [2.45, 2.75) is 6.54 Å². The van der Waals surface area contributed by atoms with Crippen LogP contribution in [0.1, 0.15) is 5.56 Å². The average molecular weight is 233 g/mol. The molecule has 0 fully saturated rings. The van der Waals surface area contributed by atoms with Gasteiger partial charge >= 0.3 is 6.03 Å². The minimum absolute atomic E-state index is 0.212. The van der Waals surface area contributed by atoms with E-state index in [1.54, 1.807) is 6.20 Å². The Morgan fingerprint density at radius 1 is 1.41 bits per heavy atom. The molecule has 6 nitrogen and oxygen atoms in total. The third-order valence-corrected chi connectivity index (χ3v) is 2.42. The number of nitrogens with one attached hydrogen (secondary N) is 3. The molecule has 0 aliphatic carbocycles. The van der Waals surface area contributed by atoms with Gasteiger partial charge in [0.15, 0.2) is 0 Å². The Morgan fingerprint density at radius 3 is 3.12 bits per heavy atom. The zero-order valence-corrected chi connectivity index (χ0v) is 9.36. The Bertz CT molecular complexity index is 507.